The van der Waals surface area contributed by atoms with E-state index in [-0.39, 0.29) is 0 Å². The van der Waals surface area contributed by atoms with Gasteiger partial charge in [-0.05, 0) is 37.2 Å². The van der Waals surface area contributed by atoms with E-state index in [4.69, 9.17) is 0 Å². The molecule has 3 aromatic rings. The molecule has 6 heteroatoms. The molecule has 0 saturated heterocycles. The largest absolute Gasteiger partial charge is 0.378 e. The summed E-state index contributed by atoms with van der Waals surface area (Å²) in [6.07, 6.45) is 1.64. The number of aromatic nitrogens is 4. The molecule has 0 radical (unpaired) electrons. The molecule has 0 atom stereocenters. The Morgan fingerprint density at radius 3 is 2.50 bits per heavy atom. The van der Waals surface area contributed by atoms with Crippen molar-refractivity contribution in [1.82, 2.24) is 24.7 Å². The van der Waals surface area contributed by atoms with Crippen LogP contribution in [0.3, 0.4) is 0 Å². The van der Waals surface area contributed by atoms with Gasteiger partial charge in [0.2, 0.25) is 5.65 Å². The van der Waals surface area contributed by atoms with Gasteiger partial charge in [0.1, 0.15) is 6.33 Å². The lowest BCUT2D eigenvalue weighted by molar-refractivity contribution is 0.402. The van der Waals surface area contributed by atoms with Gasteiger partial charge in [-0.3, -0.25) is 0 Å². The molecule has 1 aromatic carbocycles. The quantitative estimate of drug-likeness (QED) is 0.755. The summed E-state index contributed by atoms with van der Waals surface area (Å²) in [4.78, 5) is 2.17. The fourth-order valence-electron chi connectivity index (χ4n) is 2.58. The van der Waals surface area contributed by atoms with Crippen LogP contribution in [0.4, 0.5) is 5.69 Å². The van der Waals surface area contributed by atoms with Crippen molar-refractivity contribution >= 4 is 11.3 Å². The van der Waals surface area contributed by atoms with Crippen LogP contribution in [0.5, 0.6) is 0 Å². The average molecular weight is 324 g/mol. The fourth-order valence-corrected chi connectivity index (χ4v) is 2.58. The molecule has 2 heterocycles. The van der Waals surface area contributed by atoms with Crippen LogP contribution in [0.25, 0.3) is 5.65 Å². The number of fused-ring (bicyclic) bond motifs is 1. The summed E-state index contributed by atoms with van der Waals surface area (Å²) in [6.45, 7) is 5.96. The van der Waals surface area contributed by atoms with Crippen LogP contribution in [-0.4, -0.2) is 38.8 Å². The van der Waals surface area contributed by atoms with Crippen molar-refractivity contribution in [2.45, 2.75) is 32.9 Å². The van der Waals surface area contributed by atoms with Gasteiger partial charge in [-0.2, -0.15) is 9.61 Å². The first-order valence-corrected chi connectivity index (χ1v) is 8.20. The summed E-state index contributed by atoms with van der Waals surface area (Å²) in [5, 5.41) is 16.1. The Balaban J connectivity index is 1.76. The highest BCUT2D eigenvalue weighted by atomic mass is 15.3. The predicted octanol–water partition coefficient (Wildman–Crippen LogP) is 2.92. The van der Waals surface area contributed by atoms with E-state index in [2.05, 4.69) is 83.8 Å². The number of benzene rings is 1. The molecular formula is C18H24N6. The first kappa shape index (κ1) is 16.4. The van der Waals surface area contributed by atoms with Crippen LogP contribution in [-0.2, 0) is 13.1 Å². The maximum atomic E-state index is 4.54. The molecule has 0 saturated carbocycles. The molecule has 0 aliphatic carbocycles. The highest BCUT2D eigenvalue weighted by Crippen LogP contribution is 2.20. The summed E-state index contributed by atoms with van der Waals surface area (Å²) >= 11 is 0. The molecule has 3 rings (SSSR count). The monoisotopic (exact) mass is 324 g/mol. The van der Waals surface area contributed by atoms with E-state index in [0.717, 1.165) is 30.1 Å². The van der Waals surface area contributed by atoms with Crippen molar-refractivity contribution in [3.63, 3.8) is 0 Å². The van der Waals surface area contributed by atoms with Gasteiger partial charge in [-0.1, -0.05) is 38.1 Å². The molecule has 0 aliphatic rings. The lowest BCUT2D eigenvalue weighted by Crippen LogP contribution is -2.10. The minimum Gasteiger partial charge on any atom is -0.378 e. The van der Waals surface area contributed by atoms with E-state index in [1.54, 1.807) is 10.8 Å². The zero-order chi connectivity index (χ0) is 17.1. The number of nitrogens with one attached hydrogen (secondary N) is 1. The molecule has 2 aromatic heterocycles. The topological polar surface area (TPSA) is 58.3 Å². The second-order valence-corrected chi connectivity index (χ2v) is 6.64. The van der Waals surface area contributed by atoms with Gasteiger partial charge in [-0.25, -0.2) is 0 Å². The third-order valence-corrected chi connectivity index (χ3v) is 3.88. The third-order valence-electron chi connectivity index (χ3n) is 3.88. The standard InChI is InChI=1S/C18H24N6/c1-13(2)16-9-17(18-21-20-12-24(18)22-16)19-10-14-5-7-15(8-6-14)11-23(3)4/h5-9,12-13,19H,10-11H2,1-4H3. The Morgan fingerprint density at radius 1 is 1.12 bits per heavy atom. The highest BCUT2D eigenvalue weighted by Gasteiger charge is 2.10. The maximum absolute atomic E-state index is 4.54. The number of rotatable bonds is 6. The Labute approximate surface area is 142 Å². The lowest BCUT2D eigenvalue weighted by atomic mass is 10.1. The zero-order valence-corrected chi connectivity index (χ0v) is 14.7. The van der Waals surface area contributed by atoms with Crippen LogP contribution in [0.15, 0.2) is 36.7 Å². The molecule has 6 nitrogen and oxygen atoms in total. The van der Waals surface area contributed by atoms with Crippen molar-refractivity contribution < 1.29 is 0 Å². The number of nitrogens with zero attached hydrogens (tertiary/aromatic N) is 5. The maximum Gasteiger partial charge on any atom is 0.200 e. The normalized spacial score (nSPS) is 11.6. The van der Waals surface area contributed by atoms with Gasteiger partial charge in [0, 0.05) is 13.1 Å². The van der Waals surface area contributed by atoms with E-state index >= 15 is 0 Å². The Morgan fingerprint density at radius 2 is 1.83 bits per heavy atom. The molecule has 126 valence electrons. The van der Waals surface area contributed by atoms with Crippen molar-refractivity contribution in [1.29, 1.82) is 0 Å². The lowest BCUT2D eigenvalue weighted by Gasteiger charge is -2.12. The number of hydrogen-bond donors (Lipinski definition) is 1. The van der Waals surface area contributed by atoms with Crippen LogP contribution >= 0.6 is 0 Å². The summed E-state index contributed by atoms with van der Waals surface area (Å²) in [6, 6.07) is 10.7. The van der Waals surface area contributed by atoms with E-state index in [9.17, 15) is 0 Å². The molecule has 0 amide bonds. The second kappa shape index (κ2) is 6.97. The summed E-state index contributed by atoms with van der Waals surface area (Å²) in [5.74, 6) is 0.350. The van der Waals surface area contributed by atoms with Gasteiger partial charge in [0.05, 0.1) is 11.4 Å². The molecule has 0 aliphatic heterocycles. The van der Waals surface area contributed by atoms with E-state index in [1.165, 1.54) is 11.1 Å². The van der Waals surface area contributed by atoms with Crippen molar-refractivity contribution in [3.05, 3.63) is 53.5 Å². The SMILES string of the molecule is CC(C)c1cc(NCc2ccc(CN(C)C)cc2)c2nncn2n1. The fraction of sp³-hybridized carbons (Fsp3) is 0.389. The first-order chi connectivity index (χ1) is 11.5. The summed E-state index contributed by atoms with van der Waals surface area (Å²) in [7, 11) is 4.16. The van der Waals surface area contributed by atoms with Gasteiger partial charge in [0.25, 0.3) is 0 Å². The van der Waals surface area contributed by atoms with Gasteiger partial charge < -0.3 is 10.2 Å². The molecule has 0 bridgehead atoms. The highest BCUT2D eigenvalue weighted by molar-refractivity contribution is 5.66. The summed E-state index contributed by atoms with van der Waals surface area (Å²) < 4.78 is 1.73. The van der Waals surface area contributed by atoms with E-state index in [1.807, 2.05) is 0 Å². The smallest absolute Gasteiger partial charge is 0.200 e. The van der Waals surface area contributed by atoms with Gasteiger partial charge in [-0.15, -0.1) is 10.2 Å². The zero-order valence-electron chi connectivity index (χ0n) is 14.7. The average Bonchev–Trinajstić information content (AvgIpc) is 3.02. The van der Waals surface area contributed by atoms with Gasteiger partial charge in [0.15, 0.2) is 0 Å². The molecular weight excluding hydrogens is 300 g/mol. The van der Waals surface area contributed by atoms with Gasteiger partial charge >= 0.3 is 0 Å². The van der Waals surface area contributed by atoms with Crippen molar-refractivity contribution in [2.24, 2.45) is 0 Å². The Bertz CT molecular complexity index is 804. The number of hydrogen-bond acceptors (Lipinski definition) is 5. The van der Waals surface area contributed by atoms with Crippen molar-refractivity contribution in [2.75, 3.05) is 19.4 Å². The van der Waals surface area contributed by atoms with Crippen LogP contribution < -0.4 is 5.32 Å². The van der Waals surface area contributed by atoms with Crippen LogP contribution in [0.2, 0.25) is 0 Å². The molecule has 0 spiro atoms. The van der Waals surface area contributed by atoms with E-state index < -0.39 is 0 Å². The van der Waals surface area contributed by atoms with Crippen LogP contribution in [0.1, 0.15) is 36.6 Å². The third kappa shape index (κ3) is 3.71. The predicted molar refractivity (Wildman–Crippen MR) is 96.0 cm³/mol. The van der Waals surface area contributed by atoms with E-state index in [0.29, 0.717) is 5.92 Å². The van der Waals surface area contributed by atoms with Crippen molar-refractivity contribution in [3.8, 4) is 0 Å². The first-order valence-electron chi connectivity index (χ1n) is 8.20. The minimum atomic E-state index is 0.350. The summed E-state index contributed by atoms with van der Waals surface area (Å²) in [5.41, 5.74) is 5.28. The Hall–Kier alpha value is -2.47. The second-order valence-electron chi connectivity index (χ2n) is 6.64. The number of anilines is 1. The molecule has 1 N–H and O–H groups in total. The molecule has 0 fully saturated rings. The molecule has 0 unspecified atom stereocenters. The Kier molecular flexibility index (Phi) is 4.76. The minimum absolute atomic E-state index is 0.350. The molecule has 24 heavy (non-hydrogen) atoms. The van der Waals surface area contributed by atoms with Crippen LogP contribution in [0, 0.1) is 0 Å².